The molecule has 88 valence electrons. The summed E-state index contributed by atoms with van der Waals surface area (Å²) in [7, 11) is 0. The molecule has 5 heteroatoms. The summed E-state index contributed by atoms with van der Waals surface area (Å²) < 4.78 is 23.1. The molecule has 0 bridgehead atoms. The fourth-order valence-electron chi connectivity index (χ4n) is 1.25. The molecule has 17 heavy (non-hydrogen) atoms. The van der Waals surface area contributed by atoms with Crippen molar-refractivity contribution in [1.29, 1.82) is 0 Å². The zero-order valence-corrected chi connectivity index (χ0v) is 9.41. The van der Waals surface area contributed by atoms with Crippen LogP contribution in [-0.4, -0.2) is 5.24 Å². The maximum Gasteiger partial charge on any atom is 0.287 e. The Bertz CT molecular complexity index is 519. The molecule has 0 fully saturated rings. The fourth-order valence-corrected chi connectivity index (χ4v) is 1.35. The second-order valence-corrected chi connectivity index (χ2v) is 3.63. The molecular weight excluding hydrogens is 247 g/mol. The second kappa shape index (κ2) is 5.01. The third kappa shape index (κ3) is 3.07. The molecule has 0 saturated heterocycles. The molecule has 0 radical (unpaired) electrons. The number of hydrogen-bond acceptors (Lipinski definition) is 3. The van der Waals surface area contributed by atoms with Crippen LogP contribution in [-0.2, 0) is 6.61 Å². The van der Waals surface area contributed by atoms with Crippen LogP contribution in [0.4, 0.5) is 4.39 Å². The summed E-state index contributed by atoms with van der Waals surface area (Å²) in [6, 6.07) is 8.67. The van der Waals surface area contributed by atoms with Crippen molar-refractivity contribution in [2.75, 3.05) is 0 Å². The highest BCUT2D eigenvalue weighted by atomic mass is 35.5. The lowest BCUT2D eigenvalue weighted by Gasteiger charge is -2.03. The number of hydrogen-bond donors (Lipinski definition) is 0. The van der Waals surface area contributed by atoms with Crippen molar-refractivity contribution >= 4 is 16.8 Å². The van der Waals surface area contributed by atoms with Gasteiger partial charge < -0.3 is 9.15 Å². The van der Waals surface area contributed by atoms with E-state index >= 15 is 0 Å². The van der Waals surface area contributed by atoms with Crippen LogP contribution in [0.1, 0.15) is 16.3 Å². The van der Waals surface area contributed by atoms with Crippen molar-refractivity contribution in [2.24, 2.45) is 0 Å². The van der Waals surface area contributed by atoms with Gasteiger partial charge in [-0.25, -0.2) is 4.39 Å². The predicted octanol–water partition coefficient (Wildman–Crippen LogP) is 3.38. The second-order valence-electron chi connectivity index (χ2n) is 3.28. The van der Waals surface area contributed by atoms with Crippen LogP contribution in [0.3, 0.4) is 0 Å². The minimum absolute atomic E-state index is 0.0735. The van der Waals surface area contributed by atoms with Gasteiger partial charge in [-0.15, -0.1) is 0 Å². The lowest BCUT2D eigenvalue weighted by Crippen LogP contribution is -1.93. The van der Waals surface area contributed by atoms with Crippen LogP contribution in [0.5, 0.6) is 5.75 Å². The number of ether oxygens (including phenoxy) is 1. The molecule has 0 unspecified atom stereocenters. The largest absolute Gasteiger partial charge is 0.486 e. The lowest BCUT2D eigenvalue weighted by molar-refractivity contribution is 0.105. The maximum absolute atomic E-state index is 12.6. The highest BCUT2D eigenvalue weighted by Gasteiger charge is 2.08. The van der Waals surface area contributed by atoms with E-state index in [1.165, 1.54) is 30.3 Å². The van der Waals surface area contributed by atoms with Crippen molar-refractivity contribution in [3.8, 4) is 5.75 Å². The van der Waals surface area contributed by atoms with Gasteiger partial charge in [-0.3, -0.25) is 4.79 Å². The molecule has 0 atom stereocenters. The van der Waals surface area contributed by atoms with E-state index in [1.54, 1.807) is 6.07 Å². The molecule has 0 aliphatic carbocycles. The van der Waals surface area contributed by atoms with Gasteiger partial charge in [0.05, 0.1) is 0 Å². The monoisotopic (exact) mass is 254 g/mol. The Morgan fingerprint density at radius 2 is 1.94 bits per heavy atom. The molecule has 1 heterocycles. The quantitative estimate of drug-likeness (QED) is 0.785. The lowest BCUT2D eigenvalue weighted by atomic mass is 10.3. The number of carbonyl (C=O) groups is 1. The van der Waals surface area contributed by atoms with Gasteiger partial charge in [0.2, 0.25) is 0 Å². The van der Waals surface area contributed by atoms with Crippen molar-refractivity contribution in [3.63, 3.8) is 0 Å². The molecule has 3 nitrogen and oxygen atoms in total. The van der Waals surface area contributed by atoms with Crippen LogP contribution < -0.4 is 4.74 Å². The summed E-state index contributed by atoms with van der Waals surface area (Å²) in [5, 5.41) is -0.655. The Balaban J connectivity index is 1.97. The molecular formula is C12H8ClFO3. The van der Waals surface area contributed by atoms with Gasteiger partial charge in [-0.2, -0.15) is 0 Å². The third-order valence-corrected chi connectivity index (χ3v) is 2.24. The Labute approximate surface area is 102 Å². The van der Waals surface area contributed by atoms with E-state index in [9.17, 15) is 9.18 Å². The summed E-state index contributed by atoms with van der Waals surface area (Å²) in [6.45, 7) is 0.149. The average molecular weight is 255 g/mol. The third-order valence-electron chi connectivity index (χ3n) is 2.05. The number of carbonyl (C=O) groups excluding carboxylic acids is 1. The molecule has 0 aliphatic rings. The first-order chi connectivity index (χ1) is 8.15. The van der Waals surface area contributed by atoms with Crippen LogP contribution in [0.15, 0.2) is 40.8 Å². The number of halogens is 2. The normalized spacial score (nSPS) is 10.2. The van der Waals surface area contributed by atoms with Gasteiger partial charge in [0.25, 0.3) is 5.24 Å². The zero-order valence-electron chi connectivity index (χ0n) is 8.65. The van der Waals surface area contributed by atoms with E-state index in [1.807, 2.05) is 0 Å². The maximum atomic E-state index is 12.6. The SMILES string of the molecule is O=C(Cl)c1ccc(COc2ccc(F)cc2)o1. The zero-order chi connectivity index (χ0) is 12.3. The molecule has 1 aromatic carbocycles. The van der Waals surface area contributed by atoms with Gasteiger partial charge in [0.1, 0.15) is 23.9 Å². The van der Waals surface area contributed by atoms with E-state index in [0.717, 1.165) is 0 Å². The van der Waals surface area contributed by atoms with Crippen molar-refractivity contribution in [2.45, 2.75) is 6.61 Å². The average Bonchev–Trinajstić information content (AvgIpc) is 2.77. The summed E-state index contributed by atoms with van der Waals surface area (Å²) >= 11 is 5.24. The van der Waals surface area contributed by atoms with E-state index in [4.69, 9.17) is 20.8 Å². The highest BCUT2D eigenvalue weighted by Crippen LogP contribution is 2.15. The first-order valence-corrected chi connectivity index (χ1v) is 5.20. The molecule has 2 aromatic rings. The first kappa shape index (κ1) is 11.7. The van der Waals surface area contributed by atoms with E-state index in [2.05, 4.69) is 0 Å². The Morgan fingerprint density at radius 1 is 1.24 bits per heavy atom. The van der Waals surface area contributed by atoms with Crippen LogP contribution in [0.25, 0.3) is 0 Å². The van der Waals surface area contributed by atoms with Gasteiger partial charge in [-0.05, 0) is 48.0 Å². The van der Waals surface area contributed by atoms with Crippen LogP contribution in [0.2, 0.25) is 0 Å². The van der Waals surface area contributed by atoms with Crippen molar-refractivity contribution in [1.82, 2.24) is 0 Å². The summed E-state index contributed by atoms with van der Waals surface area (Å²) in [5.41, 5.74) is 0. The number of furan rings is 1. The van der Waals surface area contributed by atoms with Crippen molar-refractivity contribution in [3.05, 3.63) is 53.7 Å². The number of rotatable bonds is 4. The minimum Gasteiger partial charge on any atom is -0.486 e. The van der Waals surface area contributed by atoms with E-state index < -0.39 is 5.24 Å². The summed E-state index contributed by atoms with van der Waals surface area (Å²) in [5.74, 6) is 0.731. The summed E-state index contributed by atoms with van der Waals surface area (Å²) in [6.07, 6.45) is 0. The van der Waals surface area contributed by atoms with Gasteiger partial charge >= 0.3 is 0 Å². The van der Waals surface area contributed by atoms with E-state index in [-0.39, 0.29) is 18.2 Å². The standard InChI is InChI=1S/C12H8ClFO3/c13-12(15)11-6-5-10(17-11)7-16-9-3-1-8(14)2-4-9/h1-6H,7H2. The molecule has 2 rings (SSSR count). The van der Waals surface area contributed by atoms with Gasteiger partial charge in [-0.1, -0.05) is 0 Å². The minimum atomic E-state index is -0.655. The smallest absolute Gasteiger partial charge is 0.287 e. The fraction of sp³-hybridized carbons (Fsp3) is 0.0833. The molecule has 1 aromatic heterocycles. The van der Waals surface area contributed by atoms with Gasteiger partial charge in [0, 0.05) is 0 Å². The number of benzene rings is 1. The first-order valence-electron chi connectivity index (χ1n) is 4.82. The summed E-state index contributed by atoms with van der Waals surface area (Å²) in [4.78, 5) is 10.8. The van der Waals surface area contributed by atoms with Crippen LogP contribution >= 0.6 is 11.6 Å². The van der Waals surface area contributed by atoms with E-state index in [0.29, 0.717) is 11.5 Å². The molecule has 0 N–H and O–H groups in total. The molecule has 0 aliphatic heterocycles. The van der Waals surface area contributed by atoms with Crippen LogP contribution in [0, 0.1) is 5.82 Å². The van der Waals surface area contributed by atoms with Gasteiger partial charge in [0.15, 0.2) is 5.76 Å². The highest BCUT2D eigenvalue weighted by molar-refractivity contribution is 6.67. The Morgan fingerprint density at radius 3 is 2.53 bits per heavy atom. The molecule has 0 saturated carbocycles. The Hall–Kier alpha value is -1.81. The topological polar surface area (TPSA) is 39.4 Å². The van der Waals surface area contributed by atoms with Crippen molar-refractivity contribution < 1.29 is 18.3 Å². The predicted molar refractivity (Wildman–Crippen MR) is 59.6 cm³/mol. The molecule has 0 amide bonds. The molecule has 0 spiro atoms. The Kier molecular flexibility index (Phi) is 3.44.